The summed E-state index contributed by atoms with van der Waals surface area (Å²) in [6.07, 6.45) is 1.99. The first-order valence-corrected chi connectivity index (χ1v) is 3.70. The molecule has 2 atom stereocenters. The Labute approximate surface area is 69.0 Å². The van der Waals surface area contributed by atoms with E-state index >= 15 is 0 Å². The first-order chi connectivity index (χ1) is 5.64. The van der Waals surface area contributed by atoms with E-state index in [4.69, 9.17) is 15.3 Å². The van der Waals surface area contributed by atoms with Gasteiger partial charge in [-0.3, -0.25) is 4.79 Å². The van der Waals surface area contributed by atoms with Crippen LogP contribution < -0.4 is 5.73 Å². The van der Waals surface area contributed by atoms with Gasteiger partial charge in [0.15, 0.2) is 0 Å². The van der Waals surface area contributed by atoms with E-state index in [1.54, 1.807) is 12.1 Å². The predicted molar refractivity (Wildman–Crippen MR) is 40.6 cm³/mol. The minimum Gasteiger partial charge on any atom is -0.480 e. The van der Waals surface area contributed by atoms with Crippen LogP contribution in [0.5, 0.6) is 0 Å². The van der Waals surface area contributed by atoms with Crippen molar-refractivity contribution in [1.82, 2.24) is 0 Å². The molecule has 1 heterocycles. The minimum absolute atomic E-state index is 0.148. The molecule has 1 aliphatic rings. The summed E-state index contributed by atoms with van der Waals surface area (Å²) in [5.41, 5.74) is 4.48. The quantitative estimate of drug-likeness (QED) is 0.674. The molecule has 0 bridgehead atoms. The van der Waals surface area contributed by atoms with Gasteiger partial charge in [0.2, 0.25) is 0 Å². The topological polar surface area (TPSA) is 76.5 Å². The normalized spacial score (nSPS) is 33.2. The van der Waals surface area contributed by atoms with Crippen LogP contribution in [-0.2, 0) is 4.79 Å². The van der Waals surface area contributed by atoms with Crippen LogP contribution in [-0.4, -0.2) is 16.6 Å². The van der Waals surface area contributed by atoms with Crippen LogP contribution >= 0.6 is 0 Å². The van der Waals surface area contributed by atoms with E-state index < -0.39 is 11.5 Å². The van der Waals surface area contributed by atoms with Crippen molar-refractivity contribution < 1.29 is 14.3 Å². The lowest BCUT2D eigenvalue weighted by Crippen LogP contribution is -2.34. The van der Waals surface area contributed by atoms with Gasteiger partial charge in [-0.05, 0) is 18.6 Å². The molecule has 3 N–H and O–H groups in total. The zero-order valence-electron chi connectivity index (χ0n) is 6.36. The summed E-state index contributed by atoms with van der Waals surface area (Å²) in [5.74, 6) is -0.436. The fourth-order valence-electron chi connectivity index (χ4n) is 1.36. The molecule has 0 unspecified atom stereocenters. The zero-order chi connectivity index (χ0) is 8.77. The zero-order valence-corrected chi connectivity index (χ0v) is 6.36. The van der Waals surface area contributed by atoms with Crippen molar-refractivity contribution in [3.63, 3.8) is 0 Å². The summed E-state index contributed by atoms with van der Waals surface area (Å²) in [4.78, 5) is 10.6. The average molecular weight is 167 g/mol. The van der Waals surface area contributed by atoms with Gasteiger partial charge in [0, 0.05) is 5.92 Å². The molecule has 1 aromatic heterocycles. The summed E-state index contributed by atoms with van der Waals surface area (Å²) in [7, 11) is 0. The van der Waals surface area contributed by atoms with E-state index in [9.17, 15) is 4.79 Å². The number of aliphatic carboxylic acids is 1. The molecular weight excluding hydrogens is 158 g/mol. The van der Waals surface area contributed by atoms with Crippen molar-refractivity contribution in [2.24, 2.45) is 5.73 Å². The lowest BCUT2D eigenvalue weighted by Gasteiger charge is -2.01. The average Bonchev–Trinajstić information content (AvgIpc) is 2.49. The number of carboxylic acid groups (broad SMARTS) is 1. The first-order valence-electron chi connectivity index (χ1n) is 3.70. The molecule has 1 saturated carbocycles. The van der Waals surface area contributed by atoms with Gasteiger partial charge >= 0.3 is 5.97 Å². The van der Waals surface area contributed by atoms with Crippen molar-refractivity contribution >= 4 is 5.97 Å². The molecule has 12 heavy (non-hydrogen) atoms. The number of carbonyl (C=O) groups is 1. The summed E-state index contributed by atoms with van der Waals surface area (Å²) < 4.78 is 5.06. The van der Waals surface area contributed by atoms with E-state index in [0.29, 0.717) is 12.2 Å². The Morgan fingerprint density at radius 3 is 3.00 bits per heavy atom. The van der Waals surface area contributed by atoms with Gasteiger partial charge in [-0.2, -0.15) is 0 Å². The Hall–Kier alpha value is -1.29. The molecule has 1 aliphatic carbocycles. The first kappa shape index (κ1) is 7.36. The molecule has 0 aromatic carbocycles. The number of hydrogen-bond donors (Lipinski definition) is 2. The van der Waals surface area contributed by atoms with Gasteiger partial charge < -0.3 is 15.3 Å². The maximum absolute atomic E-state index is 10.6. The lowest BCUT2D eigenvalue weighted by molar-refractivity contribution is -0.139. The van der Waals surface area contributed by atoms with Crippen LogP contribution in [0.25, 0.3) is 0 Å². The maximum atomic E-state index is 10.6. The molecule has 2 rings (SSSR count). The van der Waals surface area contributed by atoms with Crippen LogP contribution in [0, 0.1) is 0 Å². The molecule has 0 amide bonds. The number of furan rings is 1. The second-order valence-electron chi connectivity index (χ2n) is 3.12. The highest BCUT2D eigenvalue weighted by atomic mass is 16.4. The summed E-state index contributed by atoms with van der Waals surface area (Å²) in [6, 6.07) is 3.48. The molecule has 1 aromatic rings. The lowest BCUT2D eigenvalue weighted by atomic mass is 10.2. The Morgan fingerprint density at radius 2 is 2.58 bits per heavy atom. The standard InChI is InChI=1S/C8H9NO3/c9-8(7(10)11)4-5(8)6-2-1-3-12-6/h1-3,5H,4,9H2,(H,10,11)/t5-,8-/m1/s1. The molecule has 64 valence electrons. The largest absolute Gasteiger partial charge is 0.480 e. The second kappa shape index (κ2) is 2.10. The summed E-state index contributed by atoms with van der Waals surface area (Å²) in [6.45, 7) is 0. The van der Waals surface area contributed by atoms with E-state index in [0.717, 1.165) is 0 Å². The Balaban J connectivity index is 2.19. The Kier molecular flexibility index (Phi) is 1.29. The fourth-order valence-corrected chi connectivity index (χ4v) is 1.36. The Bertz CT molecular complexity index is 306. The SMILES string of the molecule is N[C@]1(C(=O)O)C[C@@H]1c1ccco1. The van der Waals surface area contributed by atoms with Crippen LogP contribution in [0.1, 0.15) is 18.1 Å². The molecule has 4 heteroatoms. The highest BCUT2D eigenvalue weighted by molar-refractivity contribution is 5.84. The third kappa shape index (κ3) is 0.848. The van der Waals surface area contributed by atoms with E-state index in [-0.39, 0.29) is 5.92 Å². The third-order valence-electron chi connectivity index (χ3n) is 2.29. The molecule has 0 spiro atoms. The van der Waals surface area contributed by atoms with Gasteiger partial charge in [-0.25, -0.2) is 0 Å². The van der Waals surface area contributed by atoms with E-state index in [1.807, 2.05) is 0 Å². The maximum Gasteiger partial charge on any atom is 0.324 e. The third-order valence-corrected chi connectivity index (χ3v) is 2.29. The monoisotopic (exact) mass is 167 g/mol. The predicted octanol–water partition coefficient (Wildman–Crippen LogP) is 0.549. The van der Waals surface area contributed by atoms with Gasteiger partial charge in [0.05, 0.1) is 6.26 Å². The van der Waals surface area contributed by atoms with Crippen LogP contribution in [0.3, 0.4) is 0 Å². The molecule has 1 fully saturated rings. The molecule has 4 nitrogen and oxygen atoms in total. The van der Waals surface area contributed by atoms with E-state index in [2.05, 4.69) is 0 Å². The second-order valence-corrected chi connectivity index (χ2v) is 3.12. The van der Waals surface area contributed by atoms with Crippen LogP contribution in [0.4, 0.5) is 0 Å². The molecule has 0 radical (unpaired) electrons. The van der Waals surface area contributed by atoms with Crippen molar-refractivity contribution in [1.29, 1.82) is 0 Å². The smallest absolute Gasteiger partial charge is 0.324 e. The number of carboxylic acids is 1. The molecule has 0 saturated heterocycles. The number of nitrogens with two attached hydrogens (primary N) is 1. The highest BCUT2D eigenvalue weighted by Gasteiger charge is 2.59. The molecular formula is C8H9NO3. The highest BCUT2D eigenvalue weighted by Crippen LogP contribution is 2.49. The molecule has 0 aliphatic heterocycles. The van der Waals surface area contributed by atoms with Crippen molar-refractivity contribution in [3.05, 3.63) is 24.2 Å². The Morgan fingerprint density at radius 1 is 1.83 bits per heavy atom. The fraction of sp³-hybridized carbons (Fsp3) is 0.375. The van der Waals surface area contributed by atoms with Gasteiger partial charge in [0.1, 0.15) is 11.3 Å². The number of hydrogen-bond acceptors (Lipinski definition) is 3. The minimum atomic E-state index is -1.09. The van der Waals surface area contributed by atoms with Crippen molar-refractivity contribution in [2.75, 3.05) is 0 Å². The van der Waals surface area contributed by atoms with Crippen LogP contribution in [0.2, 0.25) is 0 Å². The number of rotatable bonds is 2. The van der Waals surface area contributed by atoms with Crippen molar-refractivity contribution in [2.45, 2.75) is 17.9 Å². The summed E-state index contributed by atoms with van der Waals surface area (Å²) in [5, 5.41) is 8.72. The van der Waals surface area contributed by atoms with Gasteiger partial charge in [0.25, 0.3) is 0 Å². The van der Waals surface area contributed by atoms with Crippen LogP contribution in [0.15, 0.2) is 22.8 Å². The van der Waals surface area contributed by atoms with E-state index in [1.165, 1.54) is 6.26 Å². The van der Waals surface area contributed by atoms with Gasteiger partial charge in [-0.1, -0.05) is 0 Å². The van der Waals surface area contributed by atoms with Gasteiger partial charge in [-0.15, -0.1) is 0 Å². The summed E-state index contributed by atoms with van der Waals surface area (Å²) >= 11 is 0. The van der Waals surface area contributed by atoms with Crippen molar-refractivity contribution in [3.8, 4) is 0 Å².